The van der Waals surface area contributed by atoms with Gasteiger partial charge in [-0.2, -0.15) is 0 Å². The van der Waals surface area contributed by atoms with E-state index in [1.807, 2.05) is 12.1 Å². The Hall–Kier alpha value is -1.29. The SMILES string of the molecule is O=C/C=C/c1cc2c(cc1Br)OCO2. The number of carbonyl (C=O) groups excluding carboxylic acids is 1. The molecule has 1 heterocycles. The van der Waals surface area contributed by atoms with Gasteiger partial charge in [-0.25, -0.2) is 0 Å². The van der Waals surface area contributed by atoms with Crippen LogP contribution in [0.3, 0.4) is 0 Å². The number of benzene rings is 1. The average molecular weight is 255 g/mol. The van der Waals surface area contributed by atoms with Crippen LogP contribution in [0.25, 0.3) is 6.08 Å². The van der Waals surface area contributed by atoms with Gasteiger partial charge in [0.1, 0.15) is 6.29 Å². The Morgan fingerprint density at radius 3 is 2.71 bits per heavy atom. The summed E-state index contributed by atoms with van der Waals surface area (Å²) in [6.07, 6.45) is 3.87. The molecule has 0 spiro atoms. The molecule has 0 amide bonds. The lowest BCUT2D eigenvalue weighted by Crippen LogP contribution is -1.92. The Labute approximate surface area is 89.5 Å². The van der Waals surface area contributed by atoms with Gasteiger partial charge >= 0.3 is 0 Å². The van der Waals surface area contributed by atoms with E-state index in [0.29, 0.717) is 5.75 Å². The number of ether oxygens (including phenoxy) is 2. The largest absolute Gasteiger partial charge is 0.454 e. The minimum absolute atomic E-state index is 0.253. The average Bonchev–Trinajstić information content (AvgIpc) is 2.61. The summed E-state index contributed by atoms with van der Waals surface area (Å²) in [5.74, 6) is 1.43. The minimum atomic E-state index is 0.253. The van der Waals surface area contributed by atoms with Gasteiger partial charge in [-0.05, 0) is 23.8 Å². The molecule has 1 aromatic carbocycles. The summed E-state index contributed by atoms with van der Waals surface area (Å²) < 4.78 is 11.3. The third-order valence-corrected chi connectivity index (χ3v) is 2.53. The van der Waals surface area contributed by atoms with Crippen LogP contribution in [0.1, 0.15) is 5.56 Å². The molecule has 0 fully saturated rings. The summed E-state index contributed by atoms with van der Waals surface area (Å²) in [6.45, 7) is 0.253. The van der Waals surface area contributed by atoms with Crippen LogP contribution >= 0.6 is 15.9 Å². The Bertz CT molecular complexity index is 399. The molecule has 1 aromatic rings. The zero-order valence-corrected chi connectivity index (χ0v) is 8.78. The lowest BCUT2D eigenvalue weighted by Gasteiger charge is -2.00. The first kappa shape index (κ1) is 9.27. The molecule has 1 aliphatic heterocycles. The standard InChI is InChI=1S/C10H7BrO3/c11-8-5-10-9(13-6-14-10)4-7(8)2-1-3-12/h1-5H,6H2/b2-1+. The Morgan fingerprint density at radius 2 is 2.00 bits per heavy atom. The van der Waals surface area contributed by atoms with Crippen LogP contribution < -0.4 is 9.47 Å². The molecule has 0 saturated heterocycles. The number of aldehydes is 1. The molecule has 1 aliphatic rings. The molecule has 0 atom stereocenters. The predicted octanol–water partition coefficient (Wildman–Crippen LogP) is 2.39. The van der Waals surface area contributed by atoms with Crippen molar-refractivity contribution in [1.29, 1.82) is 0 Å². The predicted molar refractivity (Wildman–Crippen MR) is 55.4 cm³/mol. The Morgan fingerprint density at radius 1 is 1.29 bits per heavy atom. The molecule has 72 valence electrons. The normalized spacial score (nSPS) is 13.5. The number of rotatable bonds is 2. The van der Waals surface area contributed by atoms with E-state index >= 15 is 0 Å². The smallest absolute Gasteiger partial charge is 0.231 e. The van der Waals surface area contributed by atoms with E-state index in [-0.39, 0.29) is 6.79 Å². The highest BCUT2D eigenvalue weighted by molar-refractivity contribution is 9.10. The van der Waals surface area contributed by atoms with Gasteiger partial charge in [-0.3, -0.25) is 4.79 Å². The van der Waals surface area contributed by atoms with Crippen molar-refractivity contribution in [1.82, 2.24) is 0 Å². The van der Waals surface area contributed by atoms with E-state index in [4.69, 9.17) is 9.47 Å². The molecular weight excluding hydrogens is 248 g/mol. The van der Waals surface area contributed by atoms with Crippen LogP contribution in [0.4, 0.5) is 0 Å². The Balaban J connectivity index is 2.42. The van der Waals surface area contributed by atoms with Crippen molar-refractivity contribution in [2.45, 2.75) is 0 Å². The monoisotopic (exact) mass is 254 g/mol. The molecule has 0 radical (unpaired) electrons. The second-order valence-electron chi connectivity index (χ2n) is 2.72. The first-order valence-electron chi connectivity index (χ1n) is 4.02. The van der Waals surface area contributed by atoms with Crippen molar-refractivity contribution >= 4 is 28.3 Å². The first-order chi connectivity index (χ1) is 6.81. The van der Waals surface area contributed by atoms with Crippen molar-refractivity contribution < 1.29 is 14.3 Å². The van der Waals surface area contributed by atoms with Crippen LogP contribution in [0.5, 0.6) is 11.5 Å². The third kappa shape index (κ3) is 1.65. The maximum Gasteiger partial charge on any atom is 0.231 e. The van der Waals surface area contributed by atoms with Crippen molar-refractivity contribution in [3.63, 3.8) is 0 Å². The summed E-state index contributed by atoms with van der Waals surface area (Å²) in [4.78, 5) is 10.2. The van der Waals surface area contributed by atoms with Crippen molar-refractivity contribution in [3.8, 4) is 11.5 Å². The third-order valence-electron chi connectivity index (χ3n) is 1.85. The van der Waals surface area contributed by atoms with Crippen molar-refractivity contribution in [2.24, 2.45) is 0 Å². The molecule has 2 rings (SSSR count). The van der Waals surface area contributed by atoms with E-state index in [1.54, 1.807) is 6.08 Å². The fraction of sp³-hybridized carbons (Fsp3) is 0.100. The topological polar surface area (TPSA) is 35.5 Å². The summed E-state index contributed by atoms with van der Waals surface area (Å²) in [6, 6.07) is 3.65. The second-order valence-corrected chi connectivity index (χ2v) is 3.58. The van der Waals surface area contributed by atoms with E-state index < -0.39 is 0 Å². The maximum atomic E-state index is 10.2. The molecule has 4 heteroatoms. The molecular formula is C10H7BrO3. The van der Waals surface area contributed by atoms with Crippen molar-refractivity contribution in [3.05, 3.63) is 28.2 Å². The van der Waals surface area contributed by atoms with E-state index in [0.717, 1.165) is 22.1 Å². The second kappa shape index (κ2) is 3.84. The van der Waals surface area contributed by atoms with Gasteiger partial charge in [0.25, 0.3) is 0 Å². The number of allylic oxidation sites excluding steroid dienone is 1. The van der Waals surface area contributed by atoms with Gasteiger partial charge in [0, 0.05) is 4.47 Å². The van der Waals surface area contributed by atoms with Gasteiger partial charge in [-0.15, -0.1) is 0 Å². The van der Waals surface area contributed by atoms with Crippen LogP contribution in [0.2, 0.25) is 0 Å². The summed E-state index contributed by atoms with van der Waals surface area (Å²) in [7, 11) is 0. The molecule has 0 unspecified atom stereocenters. The van der Waals surface area contributed by atoms with Crippen LogP contribution in [-0.2, 0) is 4.79 Å². The molecule has 0 saturated carbocycles. The summed E-state index contributed by atoms with van der Waals surface area (Å²) >= 11 is 3.38. The number of fused-ring (bicyclic) bond motifs is 1. The molecule has 0 aliphatic carbocycles. The van der Waals surface area contributed by atoms with Crippen molar-refractivity contribution in [2.75, 3.05) is 6.79 Å². The van der Waals surface area contributed by atoms with Gasteiger partial charge in [-0.1, -0.05) is 22.0 Å². The van der Waals surface area contributed by atoms with Crippen LogP contribution in [0.15, 0.2) is 22.7 Å². The summed E-state index contributed by atoms with van der Waals surface area (Å²) in [5.41, 5.74) is 0.890. The fourth-order valence-corrected chi connectivity index (χ4v) is 1.66. The van der Waals surface area contributed by atoms with Crippen LogP contribution in [-0.4, -0.2) is 13.1 Å². The van der Waals surface area contributed by atoms with E-state index in [9.17, 15) is 4.79 Å². The lowest BCUT2D eigenvalue weighted by molar-refractivity contribution is -0.104. The van der Waals surface area contributed by atoms with Gasteiger partial charge < -0.3 is 9.47 Å². The zero-order valence-electron chi connectivity index (χ0n) is 7.20. The first-order valence-corrected chi connectivity index (χ1v) is 4.81. The number of hydrogen-bond acceptors (Lipinski definition) is 3. The number of halogens is 1. The van der Waals surface area contributed by atoms with E-state index in [2.05, 4.69) is 15.9 Å². The zero-order chi connectivity index (χ0) is 9.97. The molecule has 0 aromatic heterocycles. The highest BCUT2D eigenvalue weighted by Crippen LogP contribution is 2.37. The highest BCUT2D eigenvalue weighted by atomic mass is 79.9. The minimum Gasteiger partial charge on any atom is -0.454 e. The van der Waals surface area contributed by atoms with Gasteiger partial charge in [0.15, 0.2) is 11.5 Å². The maximum absolute atomic E-state index is 10.2. The molecule has 3 nitrogen and oxygen atoms in total. The molecule has 0 N–H and O–H groups in total. The highest BCUT2D eigenvalue weighted by Gasteiger charge is 2.14. The van der Waals surface area contributed by atoms with Gasteiger partial charge in [0.2, 0.25) is 6.79 Å². The quantitative estimate of drug-likeness (QED) is 0.601. The van der Waals surface area contributed by atoms with E-state index in [1.165, 1.54) is 6.08 Å². The fourth-order valence-electron chi connectivity index (χ4n) is 1.20. The van der Waals surface area contributed by atoms with Crippen LogP contribution in [0, 0.1) is 0 Å². The number of hydrogen-bond donors (Lipinski definition) is 0. The van der Waals surface area contributed by atoms with Gasteiger partial charge in [0.05, 0.1) is 0 Å². The summed E-state index contributed by atoms with van der Waals surface area (Å²) in [5, 5.41) is 0. The lowest BCUT2D eigenvalue weighted by atomic mass is 10.2. The molecule has 14 heavy (non-hydrogen) atoms. The number of carbonyl (C=O) groups is 1. The molecule has 0 bridgehead atoms. The Kier molecular flexibility index (Phi) is 2.54.